The van der Waals surface area contributed by atoms with Gasteiger partial charge >= 0.3 is 0 Å². The molecule has 0 unspecified atom stereocenters. The highest BCUT2D eigenvalue weighted by molar-refractivity contribution is 14.0. The number of hydrogen-bond donors (Lipinski definition) is 1. The fourth-order valence-electron chi connectivity index (χ4n) is 3.06. The number of para-hydroxylation sites is 1. The highest BCUT2D eigenvalue weighted by Gasteiger charge is 2.19. The predicted molar refractivity (Wildman–Crippen MR) is 118 cm³/mol. The van der Waals surface area contributed by atoms with E-state index in [0.717, 1.165) is 47.8 Å². The van der Waals surface area contributed by atoms with Gasteiger partial charge in [0.1, 0.15) is 0 Å². The summed E-state index contributed by atoms with van der Waals surface area (Å²) in [6.07, 6.45) is 3.66. The molecule has 1 aromatic carbocycles. The summed E-state index contributed by atoms with van der Waals surface area (Å²) in [4.78, 5) is 17.9. The van der Waals surface area contributed by atoms with Crippen molar-refractivity contribution in [1.29, 1.82) is 0 Å². The quantitative estimate of drug-likeness (QED) is 0.355. The van der Waals surface area contributed by atoms with Gasteiger partial charge in [-0.15, -0.1) is 35.3 Å². The first-order chi connectivity index (χ1) is 12.3. The molecule has 3 heterocycles. The van der Waals surface area contributed by atoms with Crippen molar-refractivity contribution in [1.82, 2.24) is 14.9 Å². The molecule has 8 heteroatoms. The van der Waals surface area contributed by atoms with Crippen LogP contribution in [0.1, 0.15) is 5.56 Å². The molecule has 0 amide bonds. The molecule has 2 N–H and O–H groups in total. The summed E-state index contributed by atoms with van der Waals surface area (Å²) in [7, 11) is 0. The zero-order valence-electron chi connectivity index (χ0n) is 14.3. The van der Waals surface area contributed by atoms with Crippen LogP contribution < -0.4 is 10.6 Å². The van der Waals surface area contributed by atoms with Crippen molar-refractivity contribution in [2.24, 2.45) is 10.7 Å². The highest BCUT2D eigenvalue weighted by atomic mass is 127. The van der Waals surface area contributed by atoms with Gasteiger partial charge in [0.15, 0.2) is 11.1 Å². The Balaban J connectivity index is 0.00000196. The van der Waals surface area contributed by atoms with E-state index in [1.165, 1.54) is 0 Å². The maximum Gasteiger partial charge on any atom is 0.191 e. The van der Waals surface area contributed by atoms with E-state index in [2.05, 4.69) is 43.0 Å². The Labute approximate surface area is 173 Å². The van der Waals surface area contributed by atoms with Crippen molar-refractivity contribution in [3.63, 3.8) is 0 Å². The second-order valence-corrected chi connectivity index (χ2v) is 6.83. The second kappa shape index (κ2) is 8.63. The van der Waals surface area contributed by atoms with E-state index in [9.17, 15) is 0 Å². The number of pyridine rings is 1. The number of hydrogen-bond acceptors (Lipinski definition) is 5. The van der Waals surface area contributed by atoms with Crippen molar-refractivity contribution >= 4 is 57.3 Å². The maximum absolute atomic E-state index is 6.23. The van der Waals surface area contributed by atoms with Crippen LogP contribution in [0.2, 0.25) is 0 Å². The monoisotopic (exact) mass is 480 g/mol. The second-order valence-electron chi connectivity index (χ2n) is 5.96. The Morgan fingerprint density at radius 1 is 1.08 bits per heavy atom. The van der Waals surface area contributed by atoms with E-state index in [-0.39, 0.29) is 24.0 Å². The third-order valence-corrected chi connectivity index (χ3v) is 5.25. The smallest absolute Gasteiger partial charge is 0.191 e. The fraction of sp³-hybridized carbons (Fsp3) is 0.278. The lowest BCUT2D eigenvalue weighted by molar-refractivity contribution is 0.380. The molecule has 4 rings (SSSR count). The zero-order valence-corrected chi connectivity index (χ0v) is 17.4. The van der Waals surface area contributed by atoms with Crippen LogP contribution in [-0.4, -0.2) is 47.0 Å². The van der Waals surface area contributed by atoms with Gasteiger partial charge in [-0.25, -0.2) is 9.98 Å². The molecule has 0 aliphatic carbocycles. The summed E-state index contributed by atoms with van der Waals surface area (Å²) >= 11 is 1.68. The number of anilines is 1. The number of halogens is 1. The van der Waals surface area contributed by atoms with Gasteiger partial charge in [-0.2, -0.15) is 0 Å². The van der Waals surface area contributed by atoms with E-state index >= 15 is 0 Å². The number of nitrogens with two attached hydrogens (primary N) is 1. The molecule has 26 heavy (non-hydrogen) atoms. The summed E-state index contributed by atoms with van der Waals surface area (Å²) in [5.74, 6) is 0.603. The molecule has 0 bridgehead atoms. The average Bonchev–Trinajstić information content (AvgIpc) is 3.21. The number of aliphatic imine (C=N–C) groups is 1. The summed E-state index contributed by atoms with van der Waals surface area (Å²) < 4.78 is 0. The molecule has 1 aliphatic heterocycles. The number of aromatic nitrogens is 2. The van der Waals surface area contributed by atoms with Gasteiger partial charge in [-0.1, -0.05) is 24.3 Å². The third kappa shape index (κ3) is 4.07. The Morgan fingerprint density at radius 3 is 2.65 bits per heavy atom. The highest BCUT2D eigenvalue weighted by Crippen LogP contribution is 2.19. The van der Waals surface area contributed by atoms with Crippen molar-refractivity contribution < 1.29 is 0 Å². The van der Waals surface area contributed by atoms with Gasteiger partial charge in [0.05, 0.1) is 12.1 Å². The lowest BCUT2D eigenvalue weighted by Crippen LogP contribution is -2.51. The molecule has 6 nitrogen and oxygen atoms in total. The van der Waals surface area contributed by atoms with Crippen LogP contribution in [0.25, 0.3) is 10.9 Å². The molecule has 0 saturated carbocycles. The van der Waals surface area contributed by atoms with Crippen LogP contribution in [0.5, 0.6) is 0 Å². The molecule has 0 atom stereocenters. The molecular formula is C18H21IN6S. The molecule has 3 aromatic rings. The predicted octanol–water partition coefficient (Wildman–Crippen LogP) is 2.95. The number of fused-ring (bicyclic) bond motifs is 1. The van der Waals surface area contributed by atoms with Gasteiger partial charge in [0.25, 0.3) is 0 Å². The first-order valence-corrected chi connectivity index (χ1v) is 9.21. The molecule has 1 saturated heterocycles. The Bertz CT molecular complexity index is 869. The molecule has 136 valence electrons. The summed E-state index contributed by atoms with van der Waals surface area (Å²) in [6, 6.07) is 10.2. The minimum Gasteiger partial charge on any atom is -0.370 e. The van der Waals surface area contributed by atoms with E-state index in [1.54, 1.807) is 11.3 Å². The Kier molecular flexibility index (Phi) is 6.25. The summed E-state index contributed by atoms with van der Waals surface area (Å²) in [6.45, 7) is 4.11. The fourth-order valence-corrected chi connectivity index (χ4v) is 3.76. The number of nitrogens with zero attached hydrogens (tertiary/aromatic N) is 5. The summed E-state index contributed by atoms with van der Waals surface area (Å²) in [5, 5.41) is 4.22. The number of guanidine groups is 1. The normalized spacial score (nSPS) is 15.2. The largest absolute Gasteiger partial charge is 0.370 e. The van der Waals surface area contributed by atoms with Crippen molar-refractivity contribution in [3.05, 3.63) is 53.7 Å². The molecule has 1 aliphatic rings. The molecular weight excluding hydrogens is 459 g/mol. The zero-order chi connectivity index (χ0) is 17.1. The van der Waals surface area contributed by atoms with Crippen molar-refractivity contribution in [2.75, 3.05) is 31.1 Å². The van der Waals surface area contributed by atoms with E-state index < -0.39 is 0 Å². The third-order valence-electron chi connectivity index (χ3n) is 4.42. The van der Waals surface area contributed by atoms with Gasteiger partial charge < -0.3 is 15.5 Å². The van der Waals surface area contributed by atoms with Crippen LogP contribution in [0.4, 0.5) is 5.13 Å². The number of rotatable bonds is 3. The molecule has 2 aromatic heterocycles. The van der Waals surface area contributed by atoms with Gasteiger partial charge in [-0.05, 0) is 11.6 Å². The van der Waals surface area contributed by atoms with E-state index in [0.29, 0.717) is 12.5 Å². The Morgan fingerprint density at radius 2 is 1.88 bits per heavy atom. The van der Waals surface area contributed by atoms with Crippen LogP contribution in [0, 0.1) is 0 Å². The lowest BCUT2D eigenvalue weighted by Gasteiger charge is -2.35. The molecule has 0 radical (unpaired) electrons. The first kappa shape index (κ1) is 18.8. The minimum atomic E-state index is 0. The van der Waals surface area contributed by atoms with E-state index in [1.807, 2.05) is 29.9 Å². The van der Waals surface area contributed by atoms with Gasteiger partial charge in [-0.3, -0.25) is 4.98 Å². The average molecular weight is 480 g/mol. The summed E-state index contributed by atoms with van der Waals surface area (Å²) in [5.41, 5.74) is 8.32. The SMILES string of the molecule is I.NC(=NCc1cccc2cccnc12)N1CCN(c2nccs2)CC1. The van der Waals surface area contributed by atoms with Gasteiger partial charge in [0.2, 0.25) is 0 Å². The van der Waals surface area contributed by atoms with Crippen LogP contribution in [-0.2, 0) is 6.54 Å². The minimum absolute atomic E-state index is 0. The topological polar surface area (TPSA) is 70.6 Å². The van der Waals surface area contributed by atoms with Gasteiger partial charge in [0, 0.05) is 49.3 Å². The maximum atomic E-state index is 6.23. The standard InChI is InChI=1S/C18H20N6S.HI/c19-17(23-8-10-24(11-9-23)18-21-7-12-25-18)22-13-15-4-1-3-14-5-2-6-20-16(14)15;/h1-7,12H,8-11,13H2,(H2,19,22);1H. The lowest BCUT2D eigenvalue weighted by atomic mass is 10.1. The number of benzene rings is 1. The Hall–Kier alpha value is -1.94. The van der Waals surface area contributed by atoms with Crippen molar-refractivity contribution in [3.8, 4) is 0 Å². The number of piperazine rings is 1. The first-order valence-electron chi connectivity index (χ1n) is 8.33. The van der Waals surface area contributed by atoms with Crippen LogP contribution in [0.3, 0.4) is 0 Å². The van der Waals surface area contributed by atoms with Crippen LogP contribution in [0.15, 0.2) is 53.1 Å². The van der Waals surface area contributed by atoms with Crippen LogP contribution >= 0.6 is 35.3 Å². The molecule has 1 fully saturated rings. The van der Waals surface area contributed by atoms with Crippen molar-refractivity contribution in [2.45, 2.75) is 6.54 Å². The number of thiazole rings is 1. The van der Waals surface area contributed by atoms with E-state index in [4.69, 9.17) is 5.73 Å². The molecule has 0 spiro atoms.